The van der Waals surface area contributed by atoms with E-state index in [4.69, 9.17) is 15.9 Å². The Morgan fingerprint density at radius 3 is 2.85 bits per heavy atom. The standard InChI is InChI=1S/C12H12N2O6/c1-2-11-9(17)7(5-15)20-12(11,6-19-11)14-4-3-8(16)13-10(14)18/h1,3-4,7,9,15,17H,5-6H2,(H,13,16,18)/t7-,9?,11+,12-/m1/s1. The fraction of sp³-hybridized carbons (Fsp3) is 0.500. The van der Waals surface area contributed by atoms with Crippen LogP contribution in [0, 0.1) is 12.3 Å². The van der Waals surface area contributed by atoms with Gasteiger partial charge in [-0.05, 0) is 0 Å². The summed E-state index contributed by atoms with van der Waals surface area (Å²) in [4.78, 5) is 25.1. The molecule has 3 N–H and O–H groups in total. The van der Waals surface area contributed by atoms with Gasteiger partial charge in [0.2, 0.25) is 11.3 Å². The lowest BCUT2D eigenvalue weighted by Crippen LogP contribution is -2.71. The minimum absolute atomic E-state index is 0.0727. The molecule has 1 aromatic heterocycles. The number of fused-ring (bicyclic) bond motifs is 1. The predicted molar refractivity (Wildman–Crippen MR) is 64.8 cm³/mol. The highest BCUT2D eigenvalue weighted by molar-refractivity contribution is 5.30. The second-order valence-corrected chi connectivity index (χ2v) is 4.72. The SMILES string of the molecule is C#C[C@@]12OC[C@@]1(n1ccc(=O)[nH]c1=O)O[C@H](CO)C2O. The van der Waals surface area contributed by atoms with Crippen LogP contribution in [0.3, 0.4) is 0 Å². The number of nitrogens with zero attached hydrogens (tertiary/aromatic N) is 1. The van der Waals surface area contributed by atoms with Crippen LogP contribution in [-0.2, 0) is 15.2 Å². The third-order valence-electron chi connectivity index (χ3n) is 3.80. The third-order valence-corrected chi connectivity index (χ3v) is 3.80. The Balaban J connectivity index is 2.19. The Kier molecular flexibility index (Phi) is 2.64. The monoisotopic (exact) mass is 280 g/mol. The number of aliphatic hydroxyl groups excluding tert-OH is 2. The number of hydrogen-bond donors (Lipinski definition) is 3. The highest BCUT2D eigenvalue weighted by Gasteiger charge is 2.74. The van der Waals surface area contributed by atoms with E-state index in [9.17, 15) is 19.8 Å². The van der Waals surface area contributed by atoms with Crippen molar-refractivity contribution in [2.24, 2.45) is 0 Å². The van der Waals surface area contributed by atoms with Crippen molar-refractivity contribution >= 4 is 0 Å². The number of terminal acetylenes is 1. The molecule has 1 unspecified atom stereocenters. The summed E-state index contributed by atoms with van der Waals surface area (Å²) in [6.07, 6.45) is 4.39. The van der Waals surface area contributed by atoms with Crippen molar-refractivity contribution in [3.8, 4) is 12.3 Å². The van der Waals surface area contributed by atoms with Gasteiger partial charge >= 0.3 is 5.69 Å². The van der Waals surface area contributed by atoms with Gasteiger partial charge in [0.1, 0.15) is 18.8 Å². The second-order valence-electron chi connectivity index (χ2n) is 4.72. The van der Waals surface area contributed by atoms with Crippen molar-refractivity contribution in [2.75, 3.05) is 13.2 Å². The number of aromatic nitrogens is 2. The van der Waals surface area contributed by atoms with Gasteiger partial charge in [0.15, 0.2) is 0 Å². The van der Waals surface area contributed by atoms with E-state index < -0.39 is 41.4 Å². The summed E-state index contributed by atoms with van der Waals surface area (Å²) in [5.74, 6) is 2.31. The van der Waals surface area contributed by atoms with Crippen LogP contribution >= 0.6 is 0 Å². The lowest BCUT2D eigenvalue weighted by molar-refractivity contribution is -0.312. The second kappa shape index (κ2) is 4.04. The first kappa shape index (κ1) is 13.1. The van der Waals surface area contributed by atoms with E-state index in [-0.39, 0.29) is 6.61 Å². The minimum atomic E-state index is -1.57. The van der Waals surface area contributed by atoms with Crippen LogP contribution in [0.5, 0.6) is 0 Å². The highest BCUT2D eigenvalue weighted by Crippen LogP contribution is 2.52. The Morgan fingerprint density at radius 1 is 1.60 bits per heavy atom. The Labute approximate surface area is 112 Å². The molecule has 0 amide bonds. The van der Waals surface area contributed by atoms with Gasteiger partial charge in [-0.15, -0.1) is 6.42 Å². The quantitative estimate of drug-likeness (QED) is 0.510. The fourth-order valence-corrected chi connectivity index (χ4v) is 2.75. The number of hydrogen-bond acceptors (Lipinski definition) is 6. The van der Waals surface area contributed by atoms with Gasteiger partial charge in [-0.25, -0.2) is 4.79 Å². The van der Waals surface area contributed by atoms with Gasteiger partial charge in [-0.2, -0.15) is 0 Å². The maximum Gasteiger partial charge on any atom is 0.330 e. The van der Waals surface area contributed by atoms with Gasteiger partial charge in [-0.3, -0.25) is 14.3 Å². The van der Waals surface area contributed by atoms with Crippen LogP contribution in [0.2, 0.25) is 0 Å². The molecule has 0 aliphatic carbocycles. The van der Waals surface area contributed by atoms with Crippen LogP contribution in [0.25, 0.3) is 0 Å². The topological polar surface area (TPSA) is 114 Å². The molecule has 0 spiro atoms. The van der Waals surface area contributed by atoms with Crippen LogP contribution in [0.1, 0.15) is 0 Å². The average molecular weight is 280 g/mol. The van der Waals surface area contributed by atoms with Crippen LogP contribution in [-0.4, -0.2) is 50.8 Å². The molecule has 0 aromatic carbocycles. The van der Waals surface area contributed by atoms with Gasteiger partial charge in [0.05, 0.1) is 6.61 Å². The van der Waals surface area contributed by atoms with E-state index in [1.807, 2.05) is 0 Å². The number of aliphatic hydroxyl groups is 2. The molecule has 0 saturated carbocycles. The molecule has 3 heterocycles. The highest BCUT2D eigenvalue weighted by atomic mass is 16.7. The Hall–Kier alpha value is -1.92. The number of H-pyrrole nitrogens is 1. The van der Waals surface area contributed by atoms with E-state index in [1.165, 1.54) is 6.20 Å². The average Bonchev–Trinajstić information content (AvgIpc) is 2.56. The molecule has 3 rings (SSSR count). The summed E-state index contributed by atoms with van der Waals surface area (Å²) < 4.78 is 12.0. The van der Waals surface area contributed by atoms with E-state index in [0.29, 0.717) is 0 Å². The van der Waals surface area contributed by atoms with Gasteiger partial charge in [0, 0.05) is 12.3 Å². The van der Waals surface area contributed by atoms with Crippen molar-refractivity contribution in [3.63, 3.8) is 0 Å². The first-order valence-electron chi connectivity index (χ1n) is 5.92. The molecule has 8 heteroatoms. The summed E-state index contributed by atoms with van der Waals surface area (Å²) in [6, 6.07) is 1.14. The summed E-state index contributed by atoms with van der Waals surface area (Å²) in [6.45, 7) is -0.551. The first-order chi connectivity index (χ1) is 9.50. The minimum Gasteiger partial charge on any atom is -0.394 e. The lowest BCUT2D eigenvalue weighted by Gasteiger charge is -2.50. The molecule has 4 atom stereocenters. The Bertz CT molecular complexity index is 703. The third kappa shape index (κ3) is 1.30. The fourth-order valence-electron chi connectivity index (χ4n) is 2.75. The molecule has 2 aliphatic rings. The molecule has 106 valence electrons. The molecular formula is C12H12N2O6. The van der Waals surface area contributed by atoms with Crippen molar-refractivity contribution < 1.29 is 19.7 Å². The van der Waals surface area contributed by atoms with Crippen LogP contribution in [0.4, 0.5) is 0 Å². The zero-order chi connectivity index (χ0) is 14.5. The molecule has 20 heavy (non-hydrogen) atoms. The summed E-state index contributed by atoms with van der Waals surface area (Å²) in [5, 5.41) is 19.4. The Morgan fingerprint density at radius 2 is 2.35 bits per heavy atom. The number of ether oxygens (including phenoxy) is 2. The van der Waals surface area contributed by atoms with E-state index in [0.717, 1.165) is 10.6 Å². The zero-order valence-corrected chi connectivity index (χ0v) is 10.3. The largest absolute Gasteiger partial charge is 0.394 e. The maximum absolute atomic E-state index is 11.9. The molecule has 0 bridgehead atoms. The molecular weight excluding hydrogens is 268 g/mol. The van der Waals surface area contributed by atoms with Crippen LogP contribution in [0.15, 0.2) is 21.9 Å². The van der Waals surface area contributed by atoms with Crippen molar-refractivity contribution in [1.29, 1.82) is 0 Å². The van der Waals surface area contributed by atoms with Gasteiger partial charge in [0.25, 0.3) is 5.56 Å². The maximum atomic E-state index is 11.9. The van der Waals surface area contributed by atoms with Crippen molar-refractivity contribution in [3.05, 3.63) is 33.1 Å². The van der Waals surface area contributed by atoms with Gasteiger partial charge in [-0.1, -0.05) is 5.92 Å². The normalized spacial score (nSPS) is 38.9. The molecule has 8 nitrogen and oxygen atoms in total. The number of nitrogens with one attached hydrogen (secondary N) is 1. The van der Waals surface area contributed by atoms with Crippen molar-refractivity contribution in [1.82, 2.24) is 9.55 Å². The molecule has 1 aromatic rings. The van der Waals surface area contributed by atoms with E-state index in [1.54, 1.807) is 0 Å². The zero-order valence-electron chi connectivity index (χ0n) is 10.3. The predicted octanol–water partition coefficient (Wildman–Crippen LogP) is -2.66. The number of aromatic amines is 1. The molecule has 2 aliphatic heterocycles. The molecule has 2 saturated heterocycles. The summed E-state index contributed by atoms with van der Waals surface area (Å²) >= 11 is 0. The molecule has 2 fully saturated rings. The smallest absolute Gasteiger partial charge is 0.330 e. The van der Waals surface area contributed by atoms with Crippen molar-refractivity contribution in [2.45, 2.75) is 23.5 Å². The summed E-state index contributed by atoms with van der Waals surface area (Å²) in [5.41, 5.74) is -4.30. The van der Waals surface area contributed by atoms with Gasteiger partial charge < -0.3 is 19.7 Å². The number of rotatable bonds is 2. The van der Waals surface area contributed by atoms with Crippen LogP contribution < -0.4 is 11.2 Å². The summed E-state index contributed by atoms with van der Waals surface area (Å²) in [7, 11) is 0. The van der Waals surface area contributed by atoms with E-state index in [2.05, 4.69) is 10.9 Å². The molecule has 0 radical (unpaired) electrons. The first-order valence-corrected chi connectivity index (χ1v) is 5.92. The lowest BCUT2D eigenvalue weighted by atomic mass is 9.81. The van der Waals surface area contributed by atoms with E-state index >= 15 is 0 Å².